The van der Waals surface area contributed by atoms with Crippen molar-refractivity contribution in [2.75, 3.05) is 6.54 Å². The summed E-state index contributed by atoms with van der Waals surface area (Å²) in [6, 6.07) is 15.1. The van der Waals surface area contributed by atoms with E-state index in [0.29, 0.717) is 6.04 Å². The number of rotatable bonds is 4. The van der Waals surface area contributed by atoms with Crippen molar-refractivity contribution >= 4 is 41.7 Å². The zero-order chi connectivity index (χ0) is 13.6. The highest BCUT2D eigenvalue weighted by atomic mass is 35.5. The van der Waals surface area contributed by atoms with Gasteiger partial charge < -0.3 is 5.32 Å². The quantitative estimate of drug-likeness (QED) is 0.907. The monoisotopic (exact) mass is 355 g/mol. The molecule has 1 aromatic carbocycles. The van der Waals surface area contributed by atoms with Crippen molar-refractivity contribution in [1.82, 2.24) is 10.3 Å². The maximum absolute atomic E-state index is 4.58. The number of halogens is 2. The Labute approximate surface area is 147 Å². The molecule has 1 aliphatic heterocycles. The van der Waals surface area contributed by atoms with Gasteiger partial charge in [-0.25, -0.2) is 0 Å². The Hall–Kier alpha value is -1.23. The average molecular weight is 356 g/mol. The van der Waals surface area contributed by atoms with Gasteiger partial charge in [-0.1, -0.05) is 42.1 Å². The molecule has 1 unspecified atom stereocenters. The second-order valence-corrected chi connectivity index (χ2v) is 5.79. The van der Waals surface area contributed by atoms with Gasteiger partial charge in [0.25, 0.3) is 0 Å². The molecule has 0 fully saturated rings. The minimum atomic E-state index is 0. The molecule has 6 heteroatoms. The molecule has 0 spiro atoms. The SMILES string of the molecule is Cl.Cl.c1ccc(CC2CN=C(SCc3ccncc3)N2)cc1. The van der Waals surface area contributed by atoms with E-state index in [1.165, 1.54) is 11.1 Å². The highest BCUT2D eigenvalue weighted by Crippen LogP contribution is 2.16. The van der Waals surface area contributed by atoms with E-state index < -0.39 is 0 Å². The molecule has 118 valence electrons. The summed E-state index contributed by atoms with van der Waals surface area (Å²) in [5.74, 6) is 0.937. The maximum Gasteiger partial charge on any atom is 0.157 e. The molecule has 1 N–H and O–H groups in total. The van der Waals surface area contributed by atoms with Gasteiger partial charge in [0.05, 0.1) is 12.6 Å². The number of hydrogen-bond acceptors (Lipinski definition) is 4. The fourth-order valence-corrected chi connectivity index (χ4v) is 3.10. The van der Waals surface area contributed by atoms with Gasteiger partial charge in [-0.15, -0.1) is 24.8 Å². The lowest BCUT2D eigenvalue weighted by molar-refractivity contribution is 0.656. The fraction of sp³-hybridized carbons (Fsp3) is 0.250. The minimum absolute atomic E-state index is 0. The third-order valence-corrected chi connectivity index (χ3v) is 4.23. The van der Waals surface area contributed by atoms with Crippen LogP contribution in [-0.2, 0) is 12.2 Å². The number of benzene rings is 1. The van der Waals surface area contributed by atoms with Crippen LogP contribution in [0.25, 0.3) is 0 Å². The number of nitrogens with one attached hydrogen (secondary N) is 1. The van der Waals surface area contributed by atoms with Crippen molar-refractivity contribution in [3.05, 3.63) is 66.0 Å². The van der Waals surface area contributed by atoms with E-state index in [4.69, 9.17) is 0 Å². The molecule has 2 aromatic rings. The van der Waals surface area contributed by atoms with Crippen molar-refractivity contribution < 1.29 is 0 Å². The van der Waals surface area contributed by atoms with E-state index in [1.807, 2.05) is 24.5 Å². The predicted molar refractivity (Wildman–Crippen MR) is 99.4 cm³/mol. The van der Waals surface area contributed by atoms with Gasteiger partial charge >= 0.3 is 0 Å². The van der Waals surface area contributed by atoms with Crippen LogP contribution in [0.15, 0.2) is 59.9 Å². The molecular weight excluding hydrogens is 337 g/mol. The van der Waals surface area contributed by atoms with E-state index in [9.17, 15) is 0 Å². The first kappa shape index (κ1) is 18.8. The third kappa shape index (κ3) is 5.52. The van der Waals surface area contributed by atoms with Crippen LogP contribution < -0.4 is 5.32 Å². The molecule has 0 saturated heterocycles. The first-order chi connectivity index (χ1) is 9.90. The Balaban J connectivity index is 0.00000121. The zero-order valence-electron chi connectivity index (χ0n) is 12.0. The maximum atomic E-state index is 4.58. The third-order valence-electron chi connectivity index (χ3n) is 3.23. The minimum Gasteiger partial charge on any atom is -0.360 e. The van der Waals surface area contributed by atoms with Gasteiger partial charge in [0, 0.05) is 18.1 Å². The predicted octanol–water partition coefficient (Wildman–Crippen LogP) is 3.73. The molecule has 1 aliphatic rings. The summed E-state index contributed by atoms with van der Waals surface area (Å²) in [6.45, 7) is 0.869. The van der Waals surface area contributed by atoms with E-state index in [-0.39, 0.29) is 24.8 Å². The summed E-state index contributed by atoms with van der Waals surface area (Å²) in [5, 5.41) is 4.57. The Morgan fingerprint density at radius 2 is 1.73 bits per heavy atom. The van der Waals surface area contributed by atoms with Gasteiger partial charge in [0.15, 0.2) is 5.17 Å². The highest BCUT2D eigenvalue weighted by molar-refractivity contribution is 8.13. The molecule has 0 radical (unpaired) electrons. The molecule has 2 heterocycles. The van der Waals surface area contributed by atoms with Gasteiger partial charge in [-0.3, -0.25) is 9.98 Å². The summed E-state index contributed by atoms with van der Waals surface area (Å²) in [4.78, 5) is 8.61. The lowest BCUT2D eigenvalue weighted by Gasteiger charge is -2.11. The number of nitrogens with zero attached hydrogens (tertiary/aromatic N) is 2. The number of pyridine rings is 1. The number of aromatic nitrogens is 1. The smallest absolute Gasteiger partial charge is 0.157 e. The summed E-state index contributed by atoms with van der Waals surface area (Å²) in [5.41, 5.74) is 2.64. The molecule has 0 saturated carbocycles. The number of thioether (sulfide) groups is 1. The average Bonchev–Trinajstić information content (AvgIpc) is 2.95. The first-order valence-electron chi connectivity index (χ1n) is 6.77. The van der Waals surface area contributed by atoms with E-state index in [1.54, 1.807) is 11.8 Å². The van der Waals surface area contributed by atoms with Crippen molar-refractivity contribution in [3.8, 4) is 0 Å². The summed E-state index contributed by atoms with van der Waals surface area (Å²) < 4.78 is 0. The molecule has 3 rings (SSSR count). The van der Waals surface area contributed by atoms with Crippen LogP contribution >= 0.6 is 36.6 Å². The Morgan fingerprint density at radius 3 is 2.45 bits per heavy atom. The lowest BCUT2D eigenvalue weighted by Crippen LogP contribution is -2.30. The molecule has 0 bridgehead atoms. The molecular formula is C16H19Cl2N3S. The molecule has 1 atom stereocenters. The van der Waals surface area contributed by atoms with Gasteiger partial charge in [-0.05, 0) is 29.7 Å². The zero-order valence-corrected chi connectivity index (χ0v) is 14.5. The van der Waals surface area contributed by atoms with Crippen LogP contribution in [-0.4, -0.2) is 22.7 Å². The normalized spacial score (nSPS) is 16.0. The molecule has 1 aromatic heterocycles. The number of amidine groups is 1. The Kier molecular flexibility index (Phi) is 8.31. The summed E-state index contributed by atoms with van der Waals surface area (Å²) in [7, 11) is 0. The Bertz CT molecular complexity index is 578. The van der Waals surface area contributed by atoms with Crippen LogP contribution in [0.3, 0.4) is 0 Å². The second-order valence-electron chi connectivity index (χ2n) is 4.82. The largest absolute Gasteiger partial charge is 0.360 e. The number of aliphatic imine (C=N–C) groups is 1. The van der Waals surface area contributed by atoms with Crippen LogP contribution in [0.5, 0.6) is 0 Å². The van der Waals surface area contributed by atoms with Crippen LogP contribution in [0.4, 0.5) is 0 Å². The van der Waals surface area contributed by atoms with Crippen LogP contribution in [0, 0.1) is 0 Å². The van der Waals surface area contributed by atoms with Crippen molar-refractivity contribution in [1.29, 1.82) is 0 Å². The molecule has 22 heavy (non-hydrogen) atoms. The molecule has 0 amide bonds. The van der Waals surface area contributed by atoms with E-state index >= 15 is 0 Å². The summed E-state index contributed by atoms with van der Waals surface area (Å²) >= 11 is 1.76. The Morgan fingerprint density at radius 1 is 1.00 bits per heavy atom. The summed E-state index contributed by atoms with van der Waals surface area (Å²) in [6.07, 6.45) is 4.69. The van der Waals surface area contributed by atoms with Gasteiger partial charge in [-0.2, -0.15) is 0 Å². The highest BCUT2D eigenvalue weighted by Gasteiger charge is 2.17. The van der Waals surface area contributed by atoms with Crippen molar-refractivity contribution in [3.63, 3.8) is 0 Å². The number of hydrogen-bond donors (Lipinski definition) is 1. The first-order valence-corrected chi connectivity index (χ1v) is 7.75. The standard InChI is InChI=1S/C16H17N3S.2ClH/c1-2-4-13(5-3-1)10-15-11-18-16(19-15)20-12-14-6-8-17-9-7-14;;/h1-9,15H,10-12H2,(H,18,19);2*1H. The van der Waals surface area contributed by atoms with E-state index in [2.05, 4.69) is 45.6 Å². The second kappa shape index (κ2) is 9.72. The molecule has 0 aliphatic carbocycles. The van der Waals surface area contributed by atoms with Gasteiger partial charge in [0.2, 0.25) is 0 Å². The van der Waals surface area contributed by atoms with Crippen molar-refractivity contribution in [2.24, 2.45) is 4.99 Å². The van der Waals surface area contributed by atoms with Gasteiger partial charge in [0.1, 0.15) is 0 Å². The van der Waals surface area contributed by atoms with Crippen LogP contribution in [0.2, 0.25) is 0 Å². The van der Waals surface area contributed by atoms with E-state index in [0.717, 1.165) is 23.9 Å². The van der Waals surface area contributed by atoms with Crippen LogP contribution in [0.1, 0.15) is 11.1 Å². The molecule has 3 nitrogen and oxygen atoms in total. The fourth-order valence-electron chi connectivity index (χ4n) is 2.19. The topological polar surface area (TPSA) is 37.3 Å². The van der Waals surface area contributed by atoms with Crippen molar-refractivity contribution in [2.45, 2.75) is 18.2 Å². The lowest BCUT2D eigenvalue weighted by atomic mass is 10.1.